The van der Waals surface area contributed by atoms with Crippen LogP contribution in [0.2, 0.25) is 0 Å². The van der Waals surface area contributed by atoms with Crippen LogP contribution in [0.4, 0.5) is 0 Å². The quantitative estimate of drug-likeness (QED) is 0.618. The number of rotatable bonds is 2. The van der Waals surface area contributed by atoms with Crippen LogP contribution in [0.15, 0.2) is 54.6 Å². The van der Waals surface area contributed by atoms with Crippen LogP contribution in [0.3, 0.4) is 0 Å². The molecule has 20 heavy (non-hydrogen) atoms. The van der Waals surface area contributed by atoms with E-state index >= 15 is 0 Å². The summed E-state index contributed by atoms with van der Waals surface area (Å²) in [5.41, 5.74) is 3.15. The lowest BCUT2D eigenvalue weighted by Gasteiger charge is -2.19. The van der Waals surface area contributed by atoms with Crippen molar-refractivity contribution >= 4 is 11.9 Å². The van der Waals surface area contributed by atoms with Gasteiger partial charge in [-0.1, -0.05) is 54.6 Å². The summed E-state index contributed by atoms with van der Waals surface area (Å²) < 4.78 is 4.69. The molecule has 1 aliphatic heterocycles. The molecule has 0 aliphatic carbocycles. The minimum atomic E-state index is -0.436. The normalized spacial score (nSPS) is 18.7. The second kappa shape index (κ2) is 5.29. The van der Waals surface area contributed by atoms with Crippen molar-refractivity contribution in [1.29, 1.82) is 0 Å². The molecule has 3 nitrogen and oxygen atoms in total. The highest BCUT2D eigenvalue weighted by Crippen LogP contribution is 2.29. The van der Waals surface area contributed by atoms with E-state index in [0.29, 0.717) is 12.8 Å². The fraction of sp³-hybridized carbons (Fsp3) is 0.176. The molecular formula is C17H14O3. The monoisotopic (exact) mass is 266 g/mol. The minimum Gasteiger partial charge on any atom is -0.393 e. The van der Waals surface area contributed by atoms with Gasteiger partial charge in [0.15, 0.2) is 0 Å². The van der Waals surface area contributed by atoms with Gasteiger partial charge in [0, 0.05) is 6.42 Å². The topological polar surface area (TPSA) is 43.4 Å². The van der Waals surface area contributed by atoms with Crippen molar-refractivity contribution in [1.82, 2.24) is 0 Å². The highest BCUT2D eigenvalue weighted by atomic mass is 16.6. The number of hydrogen-bond donors (Lipinski definition) is 0. The number of esters is 2. The predicted octanol–water partition coefficient (Wildman–Crippen LogP) is 3.30. The van der Waals surface area contributed by atoms with Crippen LogP contribution in [0, 0.1) is 0 Å². The summed E-state index contributed by atoms with van der Waals surface area (Å²) in [5.74, 6) is -1.18. The van der Waals surface area contributed by atoms with Crippen LogP contribution < -0.4 is 0 Å². The number of benzene rings is 2. The third kappa shape index (κ3) is 2.48. The van der Waals surface area contributed by atoms with Gasteiger partial charge in [-0.05, 0) is 23.1 Å². The first-order valence-corrected chi connectivity index (χ1v) is 6.64. The SMILES string of the molecule is O=C1CC[C@@H](c2ccc(-c3ccccc3)cc2)C(=O)O1. The molecule has 0 spiro atoms. The second-order valence-corrected chi connectivity index (χ2v) is 4.87. The van der Waals surface area contributed by atoms with E-state index in [1.165, 1.54) is 0 Å². The van der Waals surface area contributed by atoms with E-state index in [9.17, 15) is 9.59 Å². The standard InChI is InChI=1S/C17H14O3/c18-16-11-10-15(17(19)20-16)14-8-6-13(7-9-14)12-4-2-1-3-5-12/h1-9,15H,10-11H2/t15-/m0/s1. The number of ether oxygens (including phenoxy) is 1. The Morgan fingerprint density at radius 1 is 0.850 bits per heavy atom. The highest BCUT2D eigenvalue weighted by Gasteiger charge is 2.30. The third-order valence-corrected chi connectivity index (χ3v) is 3.56. The molecule has 3 heteroatoms. The summed E-state index contributed by atoms with van der Waals surface area (Å²) in [6.07, 6.45) is 0.833. The summed E-state index contributed by atoms with van der Waals surface area (Å²) in [5, 5.41) is 0. The fourth-order valence-corrected chi connectivity index (χ4v) is 2.46. The molecule has 0 radical (unpaired) electrons. The molecule has 1 fully saturated rings. The molecule has 0 bridgehead atoms. The van der Waals surface area contributed by atoms with E-state index < -0.39 is 11.9 Å². The molecule has 0 unspecified atom stereocenters. The van der Waals surface area contributed by atoms with Crippen LogP contribution in [-0.2, 0) is 14.3 Å². The summed E-state index contributed by atoms with van der Waals surface area (Å²) >= 11 is 0. The fourth-order valence-electron chi connectivity index (χ4n) is 2.46. The first-order chi connectivity index (χ1) is 9.74. The predicted molar refractivity (Wildman–Crippen MR) is 75.0 cm³/mol. The Morgan fingerprint density at radius 3 is 2.15 bits per heavy atom. The summed E-state index contributed by atoms with van der Waals surface area (Å²) in [6, 6.07) is 17.9. The zero-order valence-corrected chi connectivity index (χ0v) is 10.9. The van der Waals surface area contributed by atoms with Crippen molar-refractivity contribution < 1.29 is 14.3 Å². The second-order valence-electron chi connectivity index (χ2n) is 4.87. The van der Waals surface area contributed by atoms with E-state index in [4.69, 9.17) is 4.74 Å². The van der Waals surface area contributed by atoms with Gasteiger partial charge in [0.25, 0.3) is 0 Å². The van der Waals surface area contributed by atoms with Crippen LogP contribution in [0.1, 0.15) is 24.3 Å². The average molecular weight is 266 g/mol. The number of carbonyl (C=O) groups is 2. The molecule has 1 heterocycles. The summed E-state index contributed by atoms with van der Waals surface area (Å²) in [7, 11) is 0. The van der Waals surface area contributed by atoms with Crippen LogP contribution in [-0.4, -0.2) is 11.9 Å². The Kier molecular flexibility index (Phi) is 3.33. The Bertz CT molecular complexity index is 629. The van der Waals surface area contributed by atoms with Crippen molar-refractivity contribution in [3.05, 3.63) is 60.2 Å². The van der Waals surface area contributed by atoms with Gasteiger partial charge in [-0.25, -0.2) is 0 Å². The lowest BCUT2D eigenvalue weighted by Crippen LogP contribution is -2.26. The molecule has 1 aliphatic rings. The Labute approximate surface area is 117 Å². The number of hydrogen-bond acceptors (Lipinski definition) is 3. The van der Waals surface area contributed by atoms with E-state index in [1.54, 1.807) is 0 Å². The van der Waals surface area contributed by atoms with Crippen molar-refractivity contribution in [3.8, 4) is 11.1 Å². The molecular weight excluding hydrogens is 252 g/mol. The molecule has 0 amide bonds. The van der Waals surface area contributed by atoms with Crippen LogP contribution in [0.5, 0.6) is 0 Å². The minimum absolute atomic E-state index is 0.302. The van der Waals surface area contributed by atoms with E-state index in [1.807, 2.05) is 54.6 Å². The average Bonchev–Trinajstić information content (AvgIpc) is 2.48. The van der Waals surface area contributed by atoms with Gasteiger partial charge in [0.1, 0.15) is 0 Å². The van der Waals surface area contributed by atoms with Gasteiger partial charge in [0.2, 0.25) is 0 Å². The molecule has 1 atom stereocenters. The Morgan fingerprint density at radius 2 is 1.50 bits per heavy atom. The number of cyclic esters (lactones) is 2. The zero-order chi connectivity index (χ0) is 13.9. The lowest BCUT2D eigenvalue weighted by atomic mass is 9.91. The van der Waals surface area contributed by atoms with E-state index in [0.717, 1.165) is 16.7 Å². The summed E-state index contributed by atoms with van der Waals surface area (Å²) in [6.45, 7) is 0. The van der Waals surface area contributed by atoms with E-state index in [2.05, 4.69) is 0 Å². The van der Waals surface area contributed by atoms with Crippen molar-refractivity contribution in [2.75, 3.05) is 0 Å². The van der Waals surface area contributed by atoms with Gasteiger partial charge in [-0.15, -0.1) is 0 Å². The third-order valence-electron chi connectivity index (χ3n) is 3.56. The molecule has 0 N–H and O–H groups in total. The molecule has 2 aromatic carbocycles. The van der Waals surface area contributed by atoms with Gasteiger partial charge >= 0.3 is 11.9 Å². The smallest absolute Gasteiger partial charge is 0.321 e. The molecule has 2 aromatic rings. The largest absolute Gasteiger partial charge is 0.393 e. The highest BCUT2D eigenvalue weighted by molar-refractivity contribution is 5.92. The number of carbonyl (C=O) groups excluding carboxylic acids is 2. The first-order valence-electron chi connectivity index (χ1n) is 6.64. The van der Waals surface area contributed by atoms with Gasteiger partial charge < -0.3 is 4.74 Å². The molecule has 1 saturated heterocycles. The maximum absolute atomic E-state index is 11.7. The molecule has 0 saturated carbocycles. The van der Waals surface area contributed by atoms with Gasteiger partial charge in [-0.3, -0.25) is 9.59 Å². The van der Waals surface area contributed by atoms with Crippen molar-refractivity contribution in [3.63, 3.8) is 0 Å². The zero-order valence-electron chi connectivity index (χ0n) is 10.9. The maximum atomic E-state index is 11.7. The molecule has 100 valence electrons. The van der Waals surface area contributed by atoms with Crippen molar-refractivity contribution in [2.24, 2.45) is 0 Å². The molecule has 0 aromatic heterocycles. The first kappa shape index (κ1) is 12.6. The van der Waals surface area contributed by atoms with E-state index in [-0.39, 0.29) is 5.92 Å². The lowest BCUT2D eigenvalue weighted by molar-refractivity contribution is -0.164. The maximum Gasteiger partial charge on any atom is 0.321 e. The Hall–Kier alpha value is -2.42. The van der Waals surface area contributed by atoms with Gasteiger partial charge in [0.05, 0.1) is 5.92 Å². The molecule has 3 rings (SSSR count). The van der Waals surface area contributed by atoms with Crippen LogP contribution >= 0.6 is 0 Å². The summed E-state index contributed by atoms with van der Waals surface area (Å²) in [4.78, 5) is 22.8. The Balaban J connectivity index is 1.83. The van der Waals surface area contributed by atoms with Gasteiger partial charge in [-0.2, -0.15) is 0 Å². The van der Waals surface area contributed by atoms with Crippen molar-refractivity contribution in [2.45, 2.75) is 18.8 Å². The van der Waals surface area contributed by atoms with Crippen LogP contribution in [0.25, 0.3) is 11.1 Å².